The summed E-state index contributed by atoms with van der Waals surface area (Å²) in [6.45, 7) is 0. The number of aromatic nitrogens is 7. The van der Waals surface area contributed by atoms with Crippen molar-refractivity contribution in [3.05, 3.63) is 285 Å². The van der Waals surface area contributed by atoms with Crippen LogP contribution in [0.25, 0.3) is 160 Å². The van der Waals surface area contributed by atoms with Crippen LogP contribution in [0.4, 0.5) is 0 Å². The average Bonchev–Trinajstić information content (AvgIpc) is 1.75. The number of benzene rings is 11. The van der Waals surface area contributed by atoms with E-state index in [0.717, 1.165) is 160 Å². The van der Waals surface area contributed by atoms with Crippen LogP contribution in [0.15, 0.2) is 279 Å². The summed E-state index contributed by atoms with van der Waals surface area (Å²) in [5, 5.41) is 22.7. The van der Waals surface area contributed by atoms with Crippen LogP contribution < -0.4 is 0 Å². The molecule has 18 aromatic rings. The third kappa shape index (κ3) is 6.60. The molecule has 8 nitrogen and oxygen atoms in total. The minimum atomic E-state index is 0.484. The second kappa shape index (κ2) is 18.1. The lowest BCUT2D eigenvalue weighted by Gasteiger charge is -2.30. The predicted molar refractivity (Wildman–Crippen MR) is 349 cm³/mol. The molecule has 0 amide bonds. The summed E-state index contributed by atoms with van der Waals surface area (Å²) in [7, 11) is 0. The number of para-hydroxylation sites is 6. The molecule has 0 fully saturated rings. The Morgan fingerprint density at radius 3 is 1.05 bits per heavy atom. The highest BCUT2D eigenvalue weighted by Crippen LogP contribution is 2.52. The molecule has 8 heteroatoms. The van der Waals surface area contributed by atoms with Crippen LogP contribution in [0, 0.1) is 11.3 Å². The van der Waals surface area contributed by atoms with Gasteiger partial charge in [-0.2, -0.15) is 5.26 Å². The van der Waals surface area contributed by atoms with Crippen LogP contribution in [-0.2, 0) is 0 Å². The molecule has 0 saturated heterocycles. The Hall–Kier alpha value is -11.8. The van der Waals surface area contributed by atoms with E-state index in [1.54, 1.807) is 0 Å². The second-order valence-corrected chi connectivity index (χ2v) is 22.0. The maximum absolute atomic E-state index is 13.1. The van der Waals surface area contributed by atoms with E-state index in [2.05, 4.69) is 284 Å². The molecule has 0 atom stereocenters. The molecule has 18 rings (SSSR count). The molecule has 0 saturated carbocycles. The second-order valence-electron chi connectivity index (χ2n) is 22.0. The molecule has 11 aromatic carbocycles. The number of pyridine rings is 2. The van der Waals surface area contributed by atoms with Crippen molar-refractivity contribution < 1.29 is 0 Å². The number of nitrogens with zero attached hydrogens (tertiary/aromatic N) is 8. The van der Waals surface area contributed by atoms with Gasteiger partial charge in [0, 0.05) is 67.1 Å². The van der Waals surface area contributed by atoms with Crippen molar-refractivity contribution in [1.29, 1.82) is 5.26 Å². The van der Waals surface area contributed by atoms with Crippen LogP contribution in [0.1, 0.15) is 5.56 Å². The van der Waals surface area contributed by atoms with Crippen LogP contribution >= 0.6 is 0 Å². The average molecular weight is 1080 g/mol. The molecule has 0 spiro atoms. The molecule has 0 aliphatic carbocycles. The van der Waals surface area contributed by atoms with Gasteiger partial charge in [-0.05, 0) is 101 Å². The Kier molecular flexibility index (Phi) is 9.99. The molecule has 0 aliphatic rings. The van der Waals surface area contributed by atoms with Crippen molar-refractivity contribution in [3.8, 4) is 56.8 Å². The van der Waals surface area contributed by atoms with Crippen molar-refractivity contribution >= 4 is 109 Å². The van der Waals surface area contributed by atoms with E-state index in [-0.39, 0.29) is 0 Å². The lowest BCUT2D eigenvalue weighted by molar-refractivity contribution is 0.992. The van der Waals surface area contributed by atoms with Crippen LogP contribution in [-0.4, -0.2) is 32.8 Å². The van der Waals surface area contributed by atoms with Crippen LogP contribution in [0.5, 0.6) is 0 Å². The summed E-state index contributed by atoms with van der Waals surface area (Å²) in [5.74, 6) is 0. The Labute approximate surface area is 486 Å². The summed E-state index contributed by atoms with van der Waals surface area (Å²) in [6.07, 6.45) is 5.80. The highest BCUT2D eigenvalue weighted by molar-refractivity contribution is 6.18. The van der Waals surface area contributed by atoms with E-state index < -0.39 is 0 Å². The molecule has 85 heavy (non-hydrogen) atoms. The number of fused-ring (bicyclic) bond motifs is 15. The van der Waals surface area contributed by atoms with Crippen molar-refractivity contribution in [2.45, 2.75) is 0 Å². The van der Waals surface area contributed by atoms with Crippen molar-refractivity contribution in [1.82, 2.24) is 32.8 Å². The minimum Gasteiger partial charge on any atom is -0.306 e. The van der Waals surface area contributed by atoms with Crippen molar-refractivity contribution in [2.24, 2.45) is 0 Å². The number of rotatable bonds is 7. The van der Waals surface area contributed by atoms with E-state index in [0.29, 0.717) is 5.56 Å². The topological polar surface area (TPSA) is 74.2 Å². The normalized spacial score (nSPS) is 12.0. The van der Waals surface area contributed by atoms with Gasteiger partial charge < -0.3 is 22.8 Å². The van der Waals surface area contributed by atoms with Gasteiger partial charge in [-0.1, -0.05) is 182 Å². The van der Waals surface area contributed by atoms with Crippen molar-refractivity contribution in [2.75, 3.05) is 0 Å². The summed E-state index contributed by atoms with van der Waals surface area (Å²) < 4.78 is 12.1. The first-order chi connectivity index (χ1) is 42.2. The van der Waals surface area contributed by atoms with E-state index in [1.165, 1.54) is 0 Å². The maximum atomic E-state index is 13.1. The first-order valence-electron chi connectivity index (χ1n) is 28.7. The quantitative estimate of drug-likeness (QED) is 0.160. The number of nitriles is 1. The summed E-state index contributed by atoms with van der Waals surface area (Å²) in [4.78, 5) is 10.2. The first-order valence-corrected chi connectivity index (χ1v) is 28.7. The third-order valence-corrected chi connectivity index (χ3v) is 17.6. The highest BCUT2D eigenvalue weighted by atomic mass is 15.2. The molecule has 0 N–H and O–H groups in total. The smallest absolute Gasteiger partial charge is 0.105 e. The van der Waals surface area contributed by atoms with Gasteiger partial charge in [-0.3, -0.25) is 9.97 Å². The van der Waals surface area contributed by atoms with Gasteiger partial charge in [0.05, 0.1) is 89.1 Å². The van der Waals surface area contributed by atoms with Crippen LogP contribution in [0.2, 0.25) is 0 Å². The van der Waals surface area contributed by atoms with Gasteiger partial charge in [-0.25, -0.2) is 0 Å². The molecule has 394 valence electrons. The molecule has 0 aliphatic heterocycles. The standard InChI is InChI=1S/C77H46N8/c78-46-60-73(81-62-30-13-7-24-52(62)53-25-8-14-31-63(53)81)75(84-68-39-37-50(48-20-3-1-4-21-48)44-58(68)61-47-79-43-41-70(61)84)77(83-66-34-17-11-28-56(66)57-29-12-18-35-67(57)83)76(74(60)82-64-32-15-9-26-54(64)55-27-10-16-33-65(55)82)85-69-40-38-51(49-22-5-2-6-23-49)45-59(69)72-71(85)36-19-42-80-72/h1-45,47H. The Morgan fingerprint density at radius 2 is 0.600 bits per heavy atom. The molecule has 0 unspecified atom stereocenters. The first kappa shape index (κ1) is 46.9. The molecular formula is C77H46N8. The van der Waals surface area contributed by atoms with E-state index in [9.17, 15) is 5.26 Å². The zero-order valence-corrected chi connectivity index (χ0v) is 45.6. The van der Waals surface area contributed by atoms with Gasteiger partial charge in [0.2, 0.25) is 0 Å². The van der Waals surface area contributed by atoms with Gasteiger partial charge in [0.1, 0.15) is 11.6 Å². The largest absolute Gasteiger partial charge is 0.306 e. The fourth-order valence-corrected chi connectivity index (χ4v) is 14.2. The number of hydrogen-bond donors (Lipinski definition) is 0. The molecular weight excluding hydrogens is 1040 g/mol. The van der Waals surface area contributed by atoms with E-state index in [1.807, 2.05) is 24.7 Å². The lowest BCUT2D eigenvalue weighted by Crippen LogP contribution is -2.18. The lowest BCUT2D eigenvalue weighted by atomic mass is 10.0. The minimum absolute atomic E-state index is 0.484. The summed E-state index contributed by atoms with van der Waals surface area (Å²) in [6, 6.07) is 96.4. The fourth-order valence-electron chi connectivity index (χ4n) is 14.2. The SMILES string of the molecule is N#Cc1c(-n2c3ccccc3c3ccccc32)c(-n2c3ccncc3c3cc(-c4ccccc4)ccc32)c(-n2c3ccccc3c3ccccc32)c(-n2c3ccc(-c4ccccc4)cc3c3ncccc32)c1-n1c2ccccc2c2ccccc21. The van der Waals surface area contributed by atoms with Gasteiger partial charge in [0.15, 0.2) is 0 Å². The van der Waals surface area contributed by atoms with Gasteiger partial charge in [-0.15, -0.1) is 0 Å². The molecule has 7 heterocycles. The maximum Gasteiger partial charge on any atom is 0.105 e. The summed E-state index contributed by atoms with van der Waals surface area (Å²) in [5.41, 5.74) is 19.3. The Bertz CT molecular complexity index is 5410. The predicted octanol–water partition coefficient (Wildman–Crippen LogP) is 19.2. The Morgan fingerprint density at radius 1 is 0.259 bits per heavy atom. The zero-order valence-electron chi connectivity index (χ0n) is 45.6. The molecule has 0 bridgehead atoms. The number of hydrogen-bond acceptors (Lipinski definition) is 3. The monoisotopic (exact) mass is 1080 g/mol. The third-order valence-electron chi connectivity index (χ3n) is 17.6. The van der Waals surface area contributed by atoms with Crippen LogP contribution in [0.3, 0.4) is 0 Å². The van der Waals surface area contributed by atoms with E-state index >= 15 is 0 Å². The highest BCUT2D eigenvalue weighted by Gasteiger charge is 2.36. The molecule has 0 radical (unpaired) electrons. The van der Waals surface area contributed by atoms with Gasteiger partial charge in [0.25, 0.3) is 0 Å². The Balaban J connectivity index is 1.18. The fraction of sp³-hybridized carbons (Fsp3) is 0. The van der Waals surface area contributed by atoms with E-state index in [4.69, 9.17) is 9.97 Å². The zero-order chi connectivity index (χ0) is 55.9. The molecule has 7 aromatic heterocycles. The van der Waals surface area contributed by atoms with Gasteiger partial charge >= 0.3 is 0 Å². The van der Waals surface area contributed by atoms with Crippen molar-refractivity contribution in [3.63, 3.8) is 0 Å². The summed E-state index contributed by atoms with van der Waals surface area (Å²) >= 11 is 0.